The van der Waals surface area contributed by atoms with E-state index in [1.165, 1.54) is 31.2 Å². The quantitative estimate of drug-likeness (QED) is 0.393. The van der Waals surface area contributed by atoms with Crippen molar-refractivity contribution in [3.05, 3.63) is 66.0 Å². The molecule has 4 amide bonds. The Bertz CT molecular complexity index is 955. The summed E-state index contributed by atoms with van der Waals surface area (Å²) in [6.07, 6.45) is -2.21. The van der Waals surface area contributed by atoms with Crippen LogP contribution in [0.5, 0.6) is 5.75 Å². The number of nitrogens with one attached hydrogen (secondary N) is 3. The van der Waals surface area contributed by atoms with Gasteiger partial charge >= 0.3 is 6.09 Å². The fourth-order valence-electron chi connectivity index (χ4n) is 2.55. The third-order valence-electron chi connectivity index (χ3n) is 4.31. The third kappa shape index (κ3) is 9.25. The minimum absolute atomic E-state index is 0.0220. The molecule has 5 N–H and O–H groups in total. The molecule has 1 unspecified atom stereocenters. The SMILES string of the molecule is CC(Oc1ccc(F)cc1)C(=O)NNC(=O)[C@H](CCC(N)=O)NC(=O)OCc1ccccc1. The van der Waals surface area contributed by atoms with Crippen LogP contribution in [0.2, 0.25) is 0 Å². The Balaban J connectivity index is 1.86. The average Bonchev–Trinajstić information content (AvgIpc) is 2.80. The van der Waals surface area contributed by atoms with Crippen molar-refractivity contribution >= 4 is 23.8 Å². The van der Waals surface area contributed by atoms with Crippen molar-refractivity contribution < 1.29 is 33.0 Å². The van der Waals surface area contributed by atoms with Gasteiger partial charge in [0.15, 0.2) is 6.10 Å². The number of carbonyl (C=O) groups is 4. The Morgan fingerprint density at radius 1 is 0.970 bits per heavy atom. The molecule has 2 rings (SSSR count). The lowest BCUT2D eigenvalue weighted by molar-refractivity contribution is -0.133. The van der Waals surface area contributed by atoms with Gasteiger partial charge in [-0.25, -0.2) is 9.18 Å². The standard InChI is InChI=1S/C22H25FN4O6/c1-14(33-17-9-7-16(23)8-10-17)20(29)26-27-21(30)18(11-12-19(24)28)25-22(31)32-13-15-5-3-2-4-6-15/h2-10,14,18H,11-13H2,1H3,(H2,24,28)(H,25,31)(H,26,29)(H,27,30)/t14?,18-/m0/s1. The summed E-state index contributed by atoms with van der Waals surface area (Å²) in [5, 5.41) is 2.34. The molecule has 0 fully saturated rings. The van der Waals surface area contributed by atoms with Gasteiger partial charge in [0, 0.05) is 6.42 Å². The van der Waals surface area contributed by atoms with Gasteiger partial charge in [0.05, 0.1) is 0 Å². The Morgan fingerprint density at radius 3 is 2.24 bits per heavy atom. The minimum atomic E-state index is -1.20. The Hall–Kier alpha value is -4.15. The van der Waals surface area contributed by atoms with Crippen LogP contribution in [0.25, 0.3) is 0 Å². The molecular weight excluding hydrogens is 435 g/mol. The van der Waals surface area contributed by atoms with Gasteiger partial charge < -0.3 is 20.5 Å². The summed E-state index contributed by atoms with van der Waals surface area (Å²) in [5.74, 6) is -2.36. The number of hydrogen-bond donors (Lipinski definition) is 4. The number of nitrogens with two attached hydrogens (primary N) is 1. The van der Waals surface area contributed by atoms with Crippen LogP contribution in [0, 0.1) is 5.82 Å². The van der Waals surface area contributed by atoms with Gasteiger partial charge in [0.1, 0.15) is 24.2 Å². The zero-order chi connectivity index (χ0) is 24.2. The van der Waals surface area contributed by atoms with Crippen LogP contribution in [0.4, 0.5) is 9.18 Å². The van der Waals surface area contributed by atoms with Gasteiger partial charge in [-0.05, 0) is 43.2 Å². The molecule has 11 heteroatoms. The molecule has 33 heavy (non-hydrogen) atoms. The van der Waals surface area contributed by atoms with Gasteiger partial charge in [-0.15, -0.1) is 0 Å². The Kier molecular flexibility index (Phi) is 9.62. The predicted molar refractivity (Wildman–Crippen MR) is 115 cm³/mol. The van der Waals surface area contributed by atoms with Gasteiger partial charge in [-0.1, -0.05) is 30.3 Å². The summed E-state index contributed by atoms with van der Waals surface area (Å²) in [7, 11) is 0. The number of halogens is 1. The lowest BCUT2D eigenvalue weighted by Gasteiger charge is -2.19. The van der Waals surface area contributed by atoms with E-state index in [0.29, 0.717) is 0 Å². The van der Waals surface area contributed by atoms with E-state index in [-0.39, 0.29) is 25.2 Å². The molecule has 0 aliphatic heterocycles. The van der Waals surface area contributed by atoms with E-state index in [4.69, 9.17) is 15.2 Å². The maximum Gasteiger partial charge on any atom is 0.408 e. The zero-order valence-corrected chi connectivity index (χ0v) is 17.9. The first-order valence-corrected chi connectivity index (χ1v) is 10.0. The third-order valence-corrected chi connectivity index (χ3v) is 4.31. The monoisotopic (exact) mass is 460 g/mol. The van der Waals surface area contributed by atoms with Crippen molar-refractivity contribution in [1.29, 1.82) is 0 Å². The number of amides is 4. The first-order valence-electron chi connectivity index (χ1n) is 10.0. The molecular formula is C22H25FN4O6. The van der Waals surface area contributed by atoms with Crippen molar-refractivity contribution in [3.63, 3.8) is 0 Å². The van der Waals surface area contributed by atoms with E-state index < -0.39 is 41.8 Å². The Labute approximate surface area is 189 Å². The number of primary amides is 1. The molecule has 0 aromatic heterocycles. The van der Waals surface area contributed by atoms with Crippen molar-refractivity contribution in [3.8, 4) is 5.75 Å². The van der Waals surface area contributed by atoms with Crippen LogP contribution in [-0.4, -0.2) is 36.0 Å². The molecule has 176 valence electrons. The van der Waals surface area contributed by atoms with Crippen LogP contribution < -0.4 is 26.6 Å². The number of alkyl carbamates (subject to hydrolysis) is 1. The smallest absolute Gasteiger partial charge is 0.408 e. The van der Waals surface area contributed by atoms with Gasteiger partial charge in [0.2, 0.25) is 5.91 Å². The van der Waals surface area contributed by atoms with E-state index in [2.05, 4.69) is 16.2 Å². The highest BCUT2D eigenvalue weighted by molar-refractivity contribution is 5.89. The second kappa shape index (κ2) is 12.6. The number of hydrazine groups is 1. The molecule has 0 aliphatic rings. The molecule has 2 aromatic rings. The van der Waals surface area contributed by atoms with Crippen molar-refractivity contribution in [2.75, 3.05) is 0 Å². The molecule has 0 saturated carbocycles. The summed E-state index contributed by atoms with van der Waals surface area (Å²) in [4.78, 5) is 47.8. The van der Waals surface area contributed by atoms with Crippen LogP contribution in [0.3, 0.4) is 0 Å². The summed E-state index contributed by atoms with van der Waals surface area (Å²) in [6, 6.07) is 12.7. The summed E-state index contributed by atoms with van der Waals surface area (Å²) >= 11 is 0. The van der Waals surface area contributed by atoms with Crippen molar-refractivity contribution in [1.82, 2.24) is 16.2 Å². The minimum Gasteiger partial charge on any atom is -0.481 e. The number of hydrogen-bond acceptors (Lipinski definition) is 6. The van der Waals surface area contributed by atoms with Crippen LogP contribution in [0.15, 0.2) is 54.6 Å². The predicted octanol–water partition coefficient (Wildman–Crippen LogP) is 1.30. The normalized spacial score (nSPS) is 12.1. The average molecular weight is 460 g/mol. The van der Waals surface area contributed by atoms with E-state index in [1.54, 1.807) is 24.3 Å². The maximum absolute atomic E-state index is 13.0. The highest BCUT2D eigenvalue weighted by atomic mass is 19.1. The highest BCUT2D eigenvalue weighted by Gasteiger charge is 2.24. The molecule has 0 bridgehead atoms. The van der Waals surface area contributed by atoms with Gasteiger partial charge in [-0.3, -0.25) is 25.2 Å². The lowest BCUT2D eigenvalue weighted by atomic mass is 10.1. The van der Waals surface area contributed by atoms with Crippen LogP contribution in [0.1, 0.15) is 25.3 Å². The van der Waals surface area contributed by atoms with Crippen molar-refractivity contribution in [2.45, 2.75) is 38.5 Å². The molecule has 0 radical (unpaired) electrons. The Morgan fingerprint density at radius 2 is 1.61 bits per heavy atom. The van der Waals surface area contributed by atoms with E-state index >= 15 is 0 Å². The van der Waals surface area contributed by atoms with Crippen LogP contribution >= 0.6 is 0 Å². The van der Waals surface area contributed by atoms with Crippen molar-refractivity contribution in [2.24, 2.45) is 5.73 Å². The summed E-state index contributed by atoms with van der Waals surface area (Å²) in [6.45, 7) is 1.40. The molecule has 10 nitrogen and oxygen atoms in total. The van der Waals surface area contributed by atoms with Gasteiger partial charge in [-0.2, -0.15) is 0 Å². The highest BCUT2D eigenvalue weighted by Crippen LogP contribution is 2.13. The zero-order valence-electron chi connectivity index (χ0n) is 17.9. The molecule has 2 aromatic carbocycles. The van der Waals surface area contributed by atoms with E-state index in [9.17, 15) is 23.6 Å². The van der Waals surface area contributed by atoms with Crippen LogP contribution in [-0.2, 0) is 25.7 Å². The summed E-state index contributed by atoms with van der Waals surface area (Å²) in [5.41, 5.74) is 10.2. The van der Waals surface area contributed by atoms with Gasteiger partial charge in [0.25, 0.3) is 11.8 Å². The largest absolute Gasteiger partial charge is 0.481 e. The fourth-order valence-corrected chi connectivity index (χ4v) is 2.55. The topological polar surface area (TPSA) is 149 Å². The fraction of sp³-hybridized carbons (Fsp3) is 0.273. The first kappa shape index (κ1) is 25.1. The van der Waals surface area contributed by atoms with E-state index in [0.717, 1.165) is 5.56 Å². The summed E-state index contributed by atoms with van der Waals surface area (Å²) < 4.78 is 23.4. The molecule has 0 heterocycles. The molecule has 0 aliphatic carbocycles. The molecule has 0 spiro atoms. The number of benzene rings is 2. The number of rotatable bonds is 10. The molecule has 0 saturated heterocycles. The maximum atomic E-state index is 13.0. The second-order valence-corrected chi connectivity index (χ2v) is 6.96. The number of carbonyl (C=O) groups excluding carboxylic acids is 4. The molecule has 2 atom stereocenters. The lowest BCUT2D eigenvalue weighted by Crippen LogP contribution is -2.54. The second-order valence-electron chi connectivity index (χ2n) is 6.96. The van der Waals surface area contributed by atoms with E-state index in [1.807, 2.05) is 6.07 Å². The first-order chi connectivity index (χ1) is 15.7. The number of ether oxygens (including phenoxy) is 2.